The summed E-state index contributed by atoms with van der Waals surface area (Å²) >= 11 is 8.84. The molecule has 0 bridgehead atoms. The molecule has 1 aliphatic rings. The normalized spacial score (nSPS) is 16.9. The standard InChI is InChI=1S/C12H11BrClFO2/c13-11-7(3-4-9(14)12(11)15)8(5-10(16)17)6-1-2-6/h3-4,6,8H,1-2,5H2,(H,16,17). The number of carboxylic acids is 1. The van der Waals surface area contributed by atoms with Crippen LogP contribution in [0.1, 0.15) is 30.7 Å². The van der Waals surface area contributed by atoms with Crippen LogP contribution in [0.15, 0.2) is 16.6 Å². The van der Waals surface area contributed by atoms with Gasteiger partial charge >= 0.3 is 5.97 Å². The van der Waals surface area contributed by atoms with Gasteiger partial charge in [0.25, 0.3) is 0 Å². The van der Waals surface area contributed by atoms with E-state index in [0.717, 1.165) is 12.8 Å². The average molecular weight is 322 g/mol. The molecule has 1 N–H and O–H groups in total. The predicted octanol–water partition coefficient (Wildman–Crippen LogP) is 4.21. The SMILES string of the molecule is O=C(O)CC(c1ccc(Cl)c(F)c1Br)C1CC1. The summed E-state index contributed by atoms with van der Waals surface area (Å²) in [6.07, 6.45) is 2.05. The Hall–Kier alpha value is -0.610. The first-order valence-corrected chi connectivity index (χ1v) is 6.53. The van der Waals surface area contributed by atoms with Crippen LogP contribution in [0.4, 0.5) is 4.39 Å². The lowest BCUT2D eigenvalue weighted by Crippen LogP contribution is -2.09. The van der Waals surface area contributed by atoms with E-state index in [1.165, 1.54) is 6.07 Å². The lowest BCUT2D eigenvalue weighted by atomic mass is 9.91. The summed E-state index contributed by atoms with van der Waals surface area (Å²) in [6, 6.07) is 3.19. The number of carbonyl (C=O) groups is 1. The Balaban J connectivity index is 2.35. The van der Waals surface area contributed by atoms with Gasteiger partial charge in [-0.3, -0.25) is 4.79 Å². The molecule has 1 aliphatic carbocycles. The Labute approximate surface area is 112 Å². The van der Waals surface area contributed by atoms with Gasteiger partial charge in [-0.2, -0.15) is 0 Å². The molecule has 2 rings (SSSR count). The van der Waals surface area contributed by atoms with E-state index in [-0.39, 0.29) is 17.4 Å². The van der Waals surface area contributed by atoms with Crippen LogP contribution in [0.5, 0.6) is 0 Å². The summed E-state index contributed by atoms with van der Waals surface area (Å²) in [7, 11) is 0. The number of carboxylic acid groups (broad SMARTS) is 1. The van der Waals surface area contributed by atoms with Gasteiger partial charge in [-0.1, -0.05) is 17.7 Å². The largest absolute Gasteiger partial charge is 0.481 e. The number of halogens is 3. The molecule has 5 heteroatoms. The molecule has 1 aromatic carbocycles. The van der Waals surface area contributed by atoms with Gasteiger partial charge in [-0.25, -0.2) is 4.39 Å². The van der Waals surface area contributed by atoms with Gasteiger partial charge in [0, 0.05) is 0 Å². The van der Waals surface area contributed by atoms with Gasteiger partial charge in [-0.15, -0.1) is 0 Å². The second-order valence-corrected chi connectivity index (χ2v) is 5.51. The van der Waals surface area contributed by atoms with E-state index >= 15 is 0 Å². The molecule has 0 spiro atoms. The summed E-state index contributed by atoms with van der Waals surface area (Å²) in [5, 5.41) is 8.95. The third-order valence-corrected chi connectivity index (χ3v) is 4.15. The van der Waals surface area contributed by atoms with Crippen LogP contribution in [0.3, 0.4) is 0 Å². The zero-order valence-electron chi connectivity index (χ0n) is 8.92. The topological polar surface area (TPSA) is 37.3 Å². The number of benzene rings is 1. The van der Waals surface area contributed by atoms with Crippen LogP contribution in [0, 0.1) is 11.7 Å². The molecule has 0 aliphatic heterocycles. The van der Waals surface area contributed by atoms with Crippen molar-refractivity contribution >= 4 is 33.5 Å². The van der Waals surface area contributed by atoms with Gasteiger partial charge in [-0.05, 0) is 52.2 Å². The van der Waals surface area contributed by atoms with E-state index < -0.39 is 11.8 Å². The number of hydrogen-bond acceptors (Lipinski definition) is 1. The Morgan fingerprint density at radius 1 is 1.59 bits per heavy atom. The molecule has 2 nitrogen and oxygen atoms in total. The second-order valence-electron chi connectivity index (χ2n) is 4.31. The van der Waals surface area contributed by atoms with Gasteiger partial charge < -0.3 is 5.11 Å². The molecule has 0 saturated heterocycles. The molecule has 0 heterocycles. The van der Waals surface area contributed by atoms with Crippen molar-refractivity contribution in [1.29, 1.82) is 0 Å². The van der Waals surface area contributed by atoms with Crippen LogP contribution in [0.25, 0.3) is 0 Å². The van der Waals surface area contributed by atoms with Crippen LogP contribution < -0.4 is 0 Å². The maximum atomic E-state index is 13.6. The second kappa shape index (κ2) is 4.94. The monoisotopic (exact) mass is 320 g/mol. The molecule has 1 fully saturated rings. The van der Waals surface area contributed by atoms with Crippen molar-refractivity contribution in [2.45, 2.75) is 25.2 Å². The van der Waals surface area contributed by atoms with Gasteiger partial charge in [0.1, 0.15) is 0 Å². The highest BCUT2D eigenvalue weighted by molar-refractivity contribution is 9.10. The average Bonchev–Trinajstić information content (AvgIpc) is 3.07. The van der Waals surface area contributed by atoms with E-state index in [0.29, 0.717) is 16.0 Å². The Kier molecular flexibility index (Phi) is 3.73. The number of hydrogen-bond donors (Lipinski definition) is 1. The summed E-state index contributed by atoms with van der Waals surface area (Å²) in [5.41, 5.74) is 0.705. The summed E-state index contributed by atoms with van der Waals surface area (Å²) in [4.78, 5) is 10.8. The minimum atomic E-state index is -0.857. The van der Waals surface area contributed by atoms with Crippen molar-refractivity contribution in [1.82, 2.24) is 0 Å². The maximum absolute atomic E-state index is 13.6. The molecule has 92 valence electrons. The van der Waals surface area contributed by atoms with Crippen molar-refractivity contribution < 1.29 is 14.3 Å². The van der Waals surface area contributed by atoms with Crippen LogP contribution in [-0.4, -0.2) is 11.1 Å². The van der Waals surface area contributed by atoms with Crippen molar-refractivity contribution in [3.8, 4) is 0 Å². The Bertz CT molecular complexity index is 460. The Morgan fingerprint density at radius 2 is 2.24 bits per heavy atom. The highest BCUT2D eigenvalue weighted by Gasteiger charge is 2.35. The molecule has 0 radical (unpaired) electrons. The van der Waals surface area contributed by atoms with Crippen molar-refractivity contribution in [2.24, 2.45) is 5.92 Å². The van der Waals surface area contributed by atoms with Crippen LogP contribution in [-0.2, 0) is 4.79 Å². The van der Waals surface area contributed by atoms with Crippen molar-refractivity contribution in [3.05, 3.63) is 33.0 Å². The molecule has 0 amide bonds. The summed E-state index contributed by atoms with van der Waals surface area (Å²) < 4.78 is 13.9. The van der Waals surface area contributed by atoms with Crippen LogP contribution in [0.2, 0.25) is 5.02 Å². The van der Waals surface area contributed by atoms with Crippen LogP contribution >= 0.6 is 27.5 Å². The minimum Gasteiger partial charge on any atom is -0.481 e. The highest BCUT2D eigenvalue weighted by atomic mass is 79.9. The number of aliphatic carboxylic acids is 1. The quantitative estimate of drug-likeness (QED) is 0.844. The van der Waals surface area contributed by atoms with Gasteiger partial charge in [0.2, 0.25) is 0 Å². The predicted molar refractivity (Wildman–Crippen MR) is 66.8 cm³/mol. The van der Waals surface area contributed by atoms with E-state index in [9.17, 15) is 9.18 Å². The molecule has 1 atom stereocenters. The smallest absolute Gasteiger partial charge is 0.303 e. The van der Waals surface area contributed by atoms with E-state index in [4.69, 9.17) is 16.7 Å². The fraction of sp³-hybridized carbons (Fsp3) is 0.417. The lowest BCUT2D eigenvalue weighted by Gasteiger charge is -2.17. The molecule has 1 saturated carbocycles. The summed E-state index contributed by atoms with van der Waals surface area (Å²) in [5.74, 6) is -1.15. The fourth-order valence-electron chi connectivity index (χ4n) is 2.04. The van der Waals surface area contributed by atoms with Crippen molar-refractivity contribution in [3.63, 3.8) is 0 Å². The molecular formula is C12H11BrClFO2. The third kappa shape index (κ3) is 2.80. The Morgan fingerprint density at radius 3 is 2.76 bits per heavy atom. The number of rotatable bonds is 4. The summed E-state index contributed by atoms with van der Waals surface area (Å²) in [6.45, 7) is 0. The first kappa shape index (κ1) is 12.8. The third-order valence-electron chi connectivity index (χ3n) is 3.05. The molecule has 1 aromatic rings. The van der Waals surface area contributed by atoms with E-state index in [1.54, 1.807) is 6.07 Å². The zero-order chi connectivity index (χ0) is 12.6. The lowest BCUT2D eigenvalue weighted by molar-refractivity contribution is -0.137. The molecule has 0 aromatic heterocycles. The zero-order valence-corrected chi connectivity index (χ0v) is 11.3. The first-order chi connectivity index (χ1) is 8.00. The minimum absolute atomic E-state index is 0.0321. The molecular weight excluding hydrogens is 310 g/mol. The van der Waals surface area contributed by atoms with E-state index in [1.807, 2.05) is 0 Å². The first-order valence-electron chi connectivity index (χ1n) is 5.36. The van der Waals surface area contributed by atoms with Crippen molar-refractivity contribution in [2.75, 3.05) is 0 Å². The maximum Gasteiger partial charge on any atom is 0.303 e. The van der Waals surface area contributed by atoms with Gasteiger partial charge in [0.05, 0.1) is 15.9 Å². The molecule has 1 unspecified atom stereocenters. The highest BCUT2D eigenvalue weighted by Crippen LogP contribution is 2.47. The van der Waals surface area contributed by atoms with E-state index in [2.05, 4.69) is 15.9 Å². The fourth-order valence-corrected chi connectivity index (χ4v) is 2.96. The molecule has 17 heavy (non-hydrogen) atoms. The van der Waals surface area contributed by atoms with Gasteiger partial charge in [0.15, 0.2) is 5.82 Å².